The van der Waals surface area contributed by atoms with Crippen molar-refractivity contribution in [3.05, 3.63) is 35.4 Å². The number of hydrogen-bond acceptors (Lipinski definition) is 3. The summed E-state index contributed by atoms with van der Waals surface area (Å²) >= 11 is 0. The predicted molar refractivity (Wildman–Crippen MR) is 90.8 cm³/mol. The van der Waals surface area contributed by atoms with E-state index in [0.717, 1.165) is 0 Å². The zero-order chi connectivity index (χ0) is 17.6. The minimum Gasteiger partial charge on any atom is -0.339 e. The second-order valence-electron chi connectivity index (χ2n) is 7.60. The zero-order valence-corrected chi connectivity index (χ0v) is 14.7. The van der Waals surface area contributed by atoms with Crippen LogP contribution in [0.3, 0.4) is 0 Å². The van der Waals surface area contributed by atoms with E-state index in [-0.39, 0.29) is 29.6 Å². The Labute approximate surface area is 142 Å². The van der Waals surface area contributed by atoms with E-state index in [2.05, 4.69) is 0 Å². The summed E-state index contributed by atoms with van der Waals surface area (Å²) in [7, 11) is 1.73. The van der Waals surface area contributed by atoms with Gasteiger partial charge in [-0.15, -0.1) is 0 Å². The summed E-state index contributed by atoms with van der Waals surface area (Å²) < 4.78 is 0. The lowest BCUT2D eigenvalue weighted by Crippen LogP contribution is -2.48. The van der Waals surface area contributed by atoms with Gasteiger partial charge in [0.25, 0.3) is 5.91 Å². The highest BCUT2D eigenvalue weighted by atomic mass is 16.2. The van der Waals surface area contributed by atoms with Crippen molar-refractivity contribution in [3.8, 4) is 0 Å². The molecule has 1 aromatic rings. The van der Waals surface area contributed by atoms with Crippen molar-refractivity contribution >= 4 is 17.6 Å². The van der Waals surface area contributed by atoms with Crippen LogP contribution in [-0.2, 0) is 4.79 Å². The molecule has 2 atom stereocenters. The minimum atomic E-state index is -0.760. The van der Waals surface area contributed by atoms with Gasteiger partial charge in [0.2, 0.25) is 5.91 Å². The van der Waals surface area contributed by atoms with Crippen molar-refractivity contribution in [1.29, 1.82) is 0 Å². The van der Waals surface area contributed by atoms with Gasteiger partial charge in [-0.2, -0.15) is 0 Å². The third-order valence-corrected chi connectivity index (χ3v) is 5.29. The fourth-order valence-corrected chi connectivity index (χ4v) is 3.92. The summed E-state index contributed by atoms with van der Waals surface area (Å²) in [6.45, 7) is 6.68. The summed E-state index contributed by atoms with van der Waals surface area (Å²) in [6, 6.07) is 6.69. The molecule has 0 aliphatic carbocycles. The van der Waals surface area contributed by atoms with Crippen LogP contribution in [-0.4, -0.2) is 53.6 Å². The Morgan fingerprint density at radius 2 is 1.88 bits per heavy atom. The predicted octanol–water partition coefficient (Wildman–Crippen LogP) is 2.22. The lowest BCUT2D eigenvalue weighted by Gasteiger charge is -2.32. The number of benzene rings is 1. The molecule has 0 radical (unpaired) electrons. The summed E-state index contributed by atoms with van der Waals surface area (Å²) in [6.07, 6.45) is 0.464. The Morgan fingerprint density at radius 3 is 2.50 bits per heavy atom. The first-order chi connectivity index (χ1) is 11.3. The molecule has 2 amide bonds. The molecular weight excluding hydrogens is 304 g/mol. The molecule has 1 fully saturated rings. The molecule has 2 heterocycles. The molecule has 5 nitrogen and oxygen atoms in total. The molecule has 0 spiro atoms. The molecule has 0 saturated carbocycles. The number of carbonyl (C=O) groups excluding carboxylic acids is 3. The maximum atomic E-state index is 13.2. The van der Waals surface area contributed by atoms with Crippen molar-refractivity contribution in [1.82, 2.24) is 9.80 Å². The second-order valence-corrected chi connectivity index (χ2v) is 7.60. The molecule has 3 rings (SSSR count). The van der Waals surface area contributed by atoms with E-state index >= 15 is 0 Å². The number of fused-ring (bicyclic) bond motifs is 2. The van der Waals surface area contributed by atoms with Crippen molar-refractivity contribution in [2.45, 2.75) is 33.2 Å². The van der Waals surface area contributed by atoms with Crippen LogP contribution in [0, 0.1) is 11.3 Å². The van der Waals surface area contributed by atoms with Gasteiger partial charge in [-0.3, -0.25) is 14.4 Å². The Hall–Kier alpha value is -2.17. The molecule has 0 aromatic heterocycles. The number of amides is 2. The highest BCUT2D eigenvalue weighted by Crippen LogP contribution is 2.40. The Bertz CT molecular complexity index is 712. The number of likely N-dealkylation sites (N-methyl/N-ethyl adjacent to an activating group) is 1. The number of likely N-dealkylation sites (tertiary alicyclic amines) is 1. The van der Waals surface area contributed by atoms with Crippen LogP contribution >= 0.6 is 0 Å². The van der Waals surface area contributed by atoms with Gasteiger partial charge in [-0.05, 0) is 18.9 Å². The van der Waals surface area contributed by atoms with E-state index in [0.29, 0.717) is 30.6 Å². The maximum absolute atomic E-state index is 13.2. The third-order valence-electron chi connectivity index (χ3n) is 5.29. The summed E-state index contributed by atoms with van der Waals surface area (Å²) in [5, 5.41) is 0. The van der Waals surface area contributed by atoms with Gasteiger partial charge in [-0.1, -0.05) is 32.0 Å². The van der Waals surface area contributed by atoms with Gasteiger partial charge in [0, 0.05) is 32.1 Å². The molecule has 2 aliphatic rings. The van der Waals surface area contributed by atoms with Crippen LogP contribution in [0.4, 0.5) is 0 Å². The number of carbonyl (C=O) groups is 3. The molecule has 128 valence electrons. The molecule has 24 heavy (non-hydrogen) atoms. The molecular formula is C19H24N2O3. The fraction of sp³-hybridized carbons (Fsp3) is 0.526. The Balaban J connectivity index is 2.00. The van der Waals surface area contributed by atoms with E-state index in [4.69, 9.17) is 0 Å². The average Bonchev–Trinajstić information content (AvgIpc) is 2.89. The van der Waals surface area contributed by atoms with E-state index in [1.165, 1.54) is 0 Å². The van der Waals surface area contributed by atoms with Gasteiger partial charge in [-0.25, -0.2) is 0 Å². The first kappa shape index (κ1) is 16.7. The summed E-state index contributed by atoms with van der Waals surface area (Å²) in [4.78, 5) is 41.9. The monoisotopic (exact) mass is 328 g/mol. The smallest absolute Gasteiger partial charge is 0.254 e. The van der Waals surface area contributed by atoms with E-state index in [1.807, 2.05) is 20.8 Å². The standard InChI is InChI=1S/C19H24N2O3/c1-12(2)9-16(22)21-10-15-19(3,11-21)17(23)13-7-5-6-8-14(13)18(24)20(15)4/h5-8,12,15H,9-11H2,1-4H3/t15-,19+/m1/s1. The number of rotatable bonds is 2. The normalized spacial score (nSPS) is 26.5. The quantitative estimate of drug-likeness (QED) is 0.836. The lowest BCUT2D eigenvalue weighted by atomic mass is 9.78. The highest BCUT2D eigenvalue weighted by molar-refractivity contribution is 6.12. The van der Waals surface area contributed by atoms with Crippen LogP contribution in [0.2, 0.25) is 0 Å². The first-order valence-corrected chi connectivity index (χ1v) is 8.44. The van der Waals surface area contributed by atoms with Crippen molar-refractivity contribution in [3.63, 3.8) is 0 Å². The Kier molecular flexibility index (Phi) is 3.98. The van der Waals surface area contributed by atoms with Crippen molar-refractivity contribution in [2.75, 3.05) is 20.1 Å². The van der Waals surface area contributed by atoms with Gasteiger partial charge in [0.05, 0.1) is 17.0 Å². The number of Topliss-reactive ketones (excluding diaryl/α,β-unsaturated/α-hetero) is 1. The van der Waals surface area contributed by atoms with Crippen LogP contribution in [0.5, 0.6) is 0 Å². The zero-order valence-electron chi connectivity index (χ0n) is 14.7. The largest absolute Gasteiger partial charge is 0.339 e. The first-order valence-electron chi connectivity index (χ1n) is 8.44. The number of hydrogen-bond donors (Lipinski definition) is 0. The van der Waals surface area contributed by atoms with Gasteiger partial charge >= 0.3 is 0 Å². The Morgan fingerprint density at radius 1 is 1.25 bits per heavy atom. The minimum absolute atomic E-state index is 0.0411. The molecule has 1 aromatic carbocycles. The molecule has 1 saturated heterocycles. The number of ketones is 1. The van der Waals surface area contributed by atoms with Gasteiger partial charge in [0.1, 0.15) is 0 Å². The molecule has 5 heteroatoms. The lowest BCUT2D eigenvalue weighted by molar-refractivity contribution is -0.131. The van der Waals surface area contributed by atoms with Crippen LogP contribution in [0.1, 0.15) is 47.9 Å². The average molecular weight is 328 g/mol. The maximum Gasteiger partial charge on any atom is 0.254 e. The van der Waals surface area contributed by atoms with Gasteiger partial charge < -0.3 is 9.80 Å². The SMILES string of the molecule is CC(C)CC(=O)N1C[C@H]2N(C)C(=O)c3ccccc3C(=O)[C@@]2(C)C1. The second kappa shape index (κ2) is 5.72. The molecule has 0 unspecified atom stereocenters. The van der Waals surface area contributed by atoms with Crippen molar-refractivity contribution < 1.29 is 14.4 Å². The fourth-order valence-electron chi connectivity index (χ4n) is 3.92. The van der Waals surface area contributed by atoms with Crippen molar-refractivity contribution in [2.24, 2.45) is 11.3 Å². The van der Waals surface area contributed by atoms with E-state index < -0.39 is 5.41 Å². The van der Waals surface area contributed by atoms with E-state index in [9.17, 15) is 14.4 Å². The summed E-state index contributed by atoms with van der Waals surface area (Å²) in [5.74, 6) is 0.138. The van der Waals surface area contributed by atoms with Crippen LogP contribution in [0.15, 0.2) is 24.3 Å². The molecule has 0 bridgehead atoms. The van der Waals surface area contributed by atoms with E-state index in [1.54, 1.807) is 41.1 Å². The third kappa shape index (κ3) is 2.43. The summed E-state index contributed by atoms with van der Waals surface area (Å²) in [5.41, 5.74) is 0.169. The van der Waals surface area contributed by atoms with Crippen LogP contribution in [0.25, 0.3) is 0 Å². The number of nitrogens with zero attached hydrogens (tertiary/aromatic N) is 2. The molecule has 0 N–H and O–H groups in total. The van der Waals surface area contributed by atoms with Crippen LogP contribution < -0.4 is 0 Å². The van der Waals surface area contributed by atoms with Gasteiger partial charge in [0.15, 0.2) is 5.78 Å². The highest BCUT2D eigenvalue weighted by Gasteiger charge is 2.54. The molecule has 2 aliphatic heterocycles. The topological polar surface area (TPSA) is 57.7 Å².